The molecule has 0 aromatic rings. The van der Waals surface area contributed by atoms with Gasteiger partial charge in [-0.1, -0.05) is 33.1 Å². The second kappa shape index (κ2) is 6.67. The largest absolute Gasteiger partial charge is 0.480 e. The highest BCUT2D eigenvalue weighted by atomic mass is 16.4. The zero-order valence-electron chi connectivity index (χ0n) is 13.2. The SMILES string of the molecule is CC1(C)CCCC(NC(=O)N2CCCCCC2C(=O)O)C1. The zero-order chi connectivity index (χ0) is 15.5. The first-order chi connectivity index (χ1) is 9.89. The van der Waals surface area contributed by atoms with Crippen molar-refractivity contribution in [2.24, 2.45) is 5.41 Å². The molecular weight excluding hydrogens is 268 g/mol. The van der Waals surface area contributed by atoms with E-state index in [1.165, 1.54) is 11.3 Å². The number of carbonyl (C=O) groups is 2. The molecule has 2 unspecified atom stereocenters. The van der Waals surface area contributed by atoms with Crippen molar-refractivity contribution in [2.45, 2.75) is 77.3 Å². The Labute approximate surface area is 127 Å². The minimum atomic E-state index is -0.879. The molecule has 2 amide bonds. The maximum Gasteiger partial charge on any atom is 0.326 e. The summed E-state index contributed by atoms with van der Waals surface area (Å²) in [6, 6.07) is -0.671. The van der Waals surface area contributed by atoms with Crippen LogP contribution >= 0.6 is 0 Å². The number of amides is 2. The summed E-state index contributed by atoms with van der Waals surface area (Å²) >= 11 is 0. The molecule has 1 saturated carbocycles. The number of nitrogens with one attached hydrogen (secondary N) is 1. The van der Waals surface area contributed by atoms with Crippen molar-refractivity contribution in [3.8, 4) is 0 Å². The summed E-state index contributed by atoms with van der Waals surface area (Å²) in [5.41, 5.74) is 0.265. The van der Waals surface area contributed by atoms with Gasteiger partial charge in [-0.05, 0) is 37.5 Å². The fourth-order valence-electron chi connectivity index (χ4n) is 3.69. The van der Waals surface area contributed by atoms with Crippen LogP contribution in [-0.2, 0) is 4.79 Å². The fraction of sp³-hybridized carbons (Fsp3) is 0.875. The van der Waals surface area contributed by atoms with E-state index in [9.17, 15) is 14.7 Å². The van der Waals surface area contributed by atoms with Crippen LogP contribution in [0.4, 0.5) is 4.79 Å². The minimum absolute atomic E-state index is 0.180. The lowest BCUT2D eigenvalue weighted by molar-refractivity contribution is -0.142. The van der Waals surface area contributed by atoms with Gasteiger partial charge in [-0.15, -0.1) is 0 Å². The van der Waals surface area contributed by atoms with E-state index in [4.69, 9.17) is 0 Å². The van der Waals surface area contributed by atoms with E-state index in [2.05, 4.69) is 19.2 Å². The number of carbonyl (C=O) groups excluding carboxylic acids is 1. The first-order valence-electron chi connectivity index (χ1n) is 8.19. The maximum absolute atomic E-state index is 12.5. The first kappa shape index (κ1) is 16.1. The number of hydrogen-bond donors (Lipinski definition) is 2. The van der Waals surface area contributed by atoms with Gasteiger partial charge in [0, 0.05) is 12.6 Å². The van der Waals surface area contributed by atoms with Crippen molar-refractivity contribution in [1.82, 2.24) is 10.2 Å². The molecule has 0 aromatic heterocycles. The number of urea groups is 1. The summed E-state index contributed by atoms with van der Waals surface area (Å²) in [4.78, 5) is 25.4. The third-order valence-electron chi connectivity index (χ3n) is 4.83. The summed E-state index contributed by atoms with van der Waals surface area (Å²) in [7, 11) is 0. The third-order valence-corrected chi connectivity index (χ3v) is 4.83. The molecule has 0 bridgehead atoms. The van der Waals surface area contributed by atoms with Crippen molar-refractivity contribution in [2.75, 3.05) is 6.54 Å². The van der Waals surface area contributed by atoms with Crippen molar-refractivity contribution >= 4 is 12.0 Å². The highest BCUT2D eigenvalue weighted by Gasteiger charge is 2.34. The number of rotatable bonds is 2. The van der Waals surface area contributed by atoms with E-state index in [-0.39, 0.29) is 17.5 Å². The van der Waals surface area contributed by atoms with E-state index in [1.807, 2.05) is 0 Å². The lowest BCUT2D eigenvalue weighted by Gasteiger charge is -2.37. The molecular formula is C16H28N2O3. The van der Waals surface area contributed by atoms with Crippen molar-refractivity contribution in [3.63, 3.8) is 0 Å². The molecule has 1 saturated heterocycles. The average Bonchev–Trinajstić information content (AvgIpc) is 2.62. The van der Waals surface area contributed by atoms with Crippen molar-refractivity contribution in [1.29, 1.82) is 0 Å². The van der Waals surface area contributed by atoms with Gasteiger partial charge < -0.3 is 15.3 Å². The van der Waals surface area contributed by atoms with Crippen LogP contribution < -0.4 is 5.32 Å². The number of carboxylic acids is 1. The zero-order valence-corrected chi connectivity index (χ0v) is 13.2. The van der Waals surface area contributed by atoms with E-state index >= 15 is 0 Å². The second-order valence-electron chi connectivity index (χ2n) is 7.30. The van der Waals surface area contributed by atoms with Gasteiger partial charge >= 0.3 is 12.0 Å². The smallest absolute Gasteiger partial charge is 0.326 e. The Bertz CT molecular complexity index is 395. The van der Waals surface area contributed by atoms with Gasteiger partial charge in [0.1, 0.15) is 6.04 Å². The Morgan fingerprint density at radius 1 is 1.14 bits per heavy atom. The van der Waals surface area contributed by atoms with E-state index in [0.29, 0.717) is 13.0 Å². The standard InChI is InChI=1S/C16H28N2O3/c1-16(2)9-6-7-12(11-16)17-15(21)18-10-5-3-4-8-13(18)14(19)20/h12-13H,3-11H2,1-2H3,(H,17,21)(H,19,20). The number of likely N-dealkylation sites (tertiary alicyclic amines) is 1. The van der Waals surface area contributed by atoms with Gasteiger partial charge in [0.15, 0.2) is 0 Å². The summed E-state index contributed by atoms with van der Waals surface area (Å²) < 4.78 is 0. The average molecular weight is 296 g/mol. The molecule has 2 aliphatic rings. The molecule has 2 rings (SSSR count). The second-order valence-corrected chi connectivity index (χ2v) is 7.30. The van der Waals surface area contributed by atoms with Crippen LogP contribution in [0.3, 0.4) is 0 Å². The van der Waals surface area contributed by atoms with Gasteiger partial charge in [-0.2, -0.15) is 0 Å². The monoisotopic (exact) mass is 296 g/mol. The highest BCUT2D eigenvalue weighted by Crippen LogP contribution is 2.35. The van der Waals surface area contributed by atoms with E-state index < -0.39 is 12.0 Å². The Hall–Kier alpha value is -1.26. The van der Waals surface area contributed by atoms with Crippen LogP contribution in [0.15, 0.2) is 0 Å². The van der Waals surface area contributed by atoms with Crippen LogP contribution in [-0.4, -0.2) is 40.6 Å². The normalized spacial score (nSPS) is 29.5. The Balaban J connectivity index is 1.98. The van der Waals surface area contributed by atoms with E-state index in [0.717, 1.165) is 38.5 Å². The topological polar surface area (TPSA) is 69.6 Å². The van der Waals surface area contributed by atoms with Crippen LogP contribution in [0.2, 0.25) is 0 Å². The van der Waals surface area contributed by atoms with E-state index in [1.54, 1.807) is 0 Å². The number of aliphatic carboxylic acids is 1. The predicted molar refractivity (Wildman–Crippen MR) is 81.2 cm³/mol. The van der Waals surface area contributed by atoms with Gasteiger partial charge in [0.05, 0.1) is 0 Å². The third kappa shape index (κ3) is 4.35. The summed E-state index contributed by atoms with van der Waals surface area (Å²) in [5, 5.41) is 12.4. The molecule has 120 valence electrons. The number of carboxylic acid groups (broad SMARTS) is 1. The number of hydrogen-bond acceptors (Lipinski definition) is 2. The Kier molecular flexibility index (Phi) is 5.12. The van der Waals surface area contributed by atoms with Crippen LogP contribution in [0.1, 0.15) is 65.2 Å². The molecule has 1 aliphatic carbocycles. The molecule has 0 spiro atoms. The molecule has 0 aromatic carbocycles. The predicted octanol–water partition coefficient (Wildman–Crippen LogP) is 2.99. The van der Waals surface area contributed by atoms with Crippen LogP contribution in [0.25, 0.3) is 0 Å². The number of nitrogens with zero attached hydrogens (tertiary/aromatic N) is 1. The molecule has 0 radical (unpaired) electrons. The molecule has 1 aliphatic heterocycles. The molecule has 2 fully saturated rings. The molecule has 5 nitrogen and oxygen atoms in total. The van der Waals surface area contributed by atoms with Crippen molar-refractivity contribution in [3.05, 3.63) is 0 Å². The van der Waals surface area contributed by atoms with Gasteiger partial charge in [-0.25, -0.2) is 9.59 Å². The molecule has 2 N–H and O–H groups in total. The lowest BCUT2D eigenvalue weighted by Crippen LogP contribution is -2.52. The van der Waals surface area contributed by atoms with Crippen LogP contribution in [0.5, 0.6) is 0 Å². The summed E-state index contributed by atoms with van der Waals surface area (Å²) in [6.45, 7) is 5.02. The Morgan fingerprint density at radius 3 is 2.57 bits per heavy atom. The van der Waals surface area contributed by atoms with Gasteiger partial charge in [0.2, 0.25) is 0 Å². The van der Waals surface area contributed by atoms with Gasteiger partial charge in [-0.3, -0.25) is 0 Å². The Morgan fingerprint density at radius 2 is 1.90 bits per heavy atom. The van der Waals surface area contributed by atoms with Crippen molar-refractivity contribution < 1.29 is 14.7 Å². The van der Waals surface area contributed by atoms with Gasteiger partial charge in [0.25, 0.3) is 0 Å². The quantitative estimate of drug-likeness (QED) is 0.823. The highest BCUT2D eigenvalue weighted by molar-refractivity contribution is 5.82. The minimum Gasteiger partial charge on any atom is -0.480 e. The summed E-state index contributed by atoms with van der Waals surface area (Å²) in [5.74, 6) is -0.879. The fourth-order valence-corrected chi connectivity index (χ4v) is 3.69. The maximum atomic E-state index is 12.5. The van der Waals surface area contributed by atoms with Crippen LogP contribution in [0, 0.1) is 5.41 Å². The summed E-state index contributed by atoms with van der Waals surface area (Å²) in [6.07, 6.45) is 7.65. The lowest BCUT2D eigenvalue weighted by atomic mass is 9.75. The molecule has 2 atom stereocenters. The first-order valence-corrected chi connectivity index (χ1v) is 8.19. The molecule has 5 heteroatoms. The molecule has 1 heterocycles. The molecule has 21 heavy (non-hydrogen) atoms.